The van der Waals surface area contributed by atoms with Crippen LogP contribution in [0.15, 0.2) is 24.3 Å². The number of methoxy groups -OCH3 is 1. The van der Waals surface area contributed by atoms with E-state index in [-0.39, 0.29) is 18.1 Å². The molecule has 9 nitrogen and oxygen atoms in total. The molecule has 1 heterocycles. The molecule has 0 aliphatic heterocycles. The van der Waals surface area contributed by atoms with Crippen LogP contribution in [-0.4, -0.2) is 53.4 Å². The van der Waals surface area contributed by atoms with Gasteiger partial charge in [-0.25, -0.2) is 9.59 Å². The molecule has 0 radical (unpaired) electrons. The normalized spacial score (nSPS) is 11.2. The number of rotatable bonds is 10. The molecule has 12 heteroatoms. The number of alkyl halides is 3. The van der Waals surface area contributed by atoms with Crippen LogP contribution in [0.1, 0.15) is 73.1 Å². The maximum Gasteiger partial charge on any atom is 0.490 e. The fourth-order valence-electron chi connectivity index (χ4n) is 3.08. The fraction of sp³-hybridized carbons (Fsp3) is 0.480. The largest absolute Gasteiger partial charge is 0.497 e. The van der Waals surface area contributed by atoms with Gasteiger partial charge in [0.1, 0.15) is 11.4 Å². The van der Waals surface area contributed by atoms with Crippen LogP contribution in [0.3, 0.4) is 0 Å². The summed E-state index contributed by atoms with van der Waals surface area (Å²) in [6.45, 7) is 10.3. The van der Waals surface area contributed by atoms with Gasteiger partial charge in [-0.15, -0.1) is 0 Å². The van der Waals surface area contributed by atoms with Gasteiger partial charge in [-0.05, 0) is 63.4 Å². The second-order valence-corrected chi connectivity index (χ2v) is 8.48. The van der Waals surface area contributed by atoms with Crippen molar-refractivity contribution in [2.45, 2.75) is 65.7 Å². The van der Waals surface area contributed by atoms with Crippen LogP contribution in [0.25, 0.3) is 0 Å². The Labute approximate surface area is 213 Å². The maximum atomic E-state index is 13.0. The molecule has 206 valence electrons. The lowest BCUT2D eigenvalue weighted by Gasteiger charge is -2.24. The summed E-state index contributed by atoms with van der Waals surface area (Å²) in [5, 5.41) is 13.4. The Kier molecular flexibility index (Phi) is 11.5. The van der Waals surface area contributed by atoms with Gasteiger partial charge in [-0.2, -0.15) is 13.2 Å². The quantitative estimate of drug-likeness (QED) is 0.321. The third-order valence-electron chi connectivity index (χ3n) is 5.38. The average Bonchev–Trinajstić information content (AvgIpc) is 3.21. The van der Waals surface area contributed by atoms with Gasteiger partial charge in [-0.1, -0.05) is 13.8 Å². The molecule has 2 aromatic rings. The highest BCUT2D eigenvalue weighted by molar-refractivity contribution is 6.01. The number of aliphatic carboxylic acids is 1. The van der Waals surface area contributed by atoms with E-state index in [1.807, 2.05) is 52.0 Å². The summed E-state index contributed by atoms with van der Waals surface area (Å²) >= 11 is 0. The molecular weight excluding hydrogens is 495 g/mol. The maximum absolute atomic E-state index is 13.0. The van der Waals surface area contributed by atoms with E-state index in [1.54, 1.807) is 14.0 Å². The number of aromatic nitrogens is 1. The van der Waals surface area contributed by atoms with Crippen LogP contribution < -0.4 is 15.4 Å². The molecule has 0 aliphatic rings. The highest BCUT2D eigenvalue weighted by Crippen LogP contribution is 2.24. The Morgan fingerprint density at radius 3 is 2.05 bits per heavy atom. The van der Waals surface area contributed by atoms with E-state index in [2.05, 4.69) is 15.6 Å². The van der Waals surface area contributed by atoms with Gasteiger partial charge in [0.15, 0.2) is 0 Å². The third-order valence-corrected chi connectivity index (χ3v) is 5.38. The van der Waals surface area contributed by atoms with Crippen LogP contribution in [0.2, 0.25) is 0 Å². The zero-order valence-corrected chi connectivity index (χ0v) is 21.8. The number of halogens is 3. The zero-order chi connectivity index (χ0) is 28.4. The number of ether oxygens (including phenoxy) is 2. The Bertz CT molecular complexity index is 1060. The average molecular weight is 530 g/mol. The van der Waals surface area contributed by atoms with Crippen LogP contribution in [0.5, 0.6) is 5.75 Å². The third kappa shape index (κ3) is 9.36. The summed E-state index contributed by atoms with van der Waals surface area (Å²) in [5.41, 5.74) is 2.66. The van der Waals surface area contributed by atoms with E-state index in [0.29, 0.717) is 35.5 Å². The number of carboxylic acids is 1. The molecule has 0 fully saturated rings. The van der Waals surface area contributed by atoms with Crippen molar-refractivity contribution in [3.05, 3.63) is 46.8 Å². The SMILES string of the molecule is CCOC(=O)c1c(CNc2ccc(OC)cc2)[nH]c(C(=O)NC(C)(C)CC)c1CC.O=C(O)C(F)(F)F. The van der Waals surface area contributed by atoms with Gasteiger partial charge < -0.3 is 30.2 Å². The van der Waals surface area contributed by atoms with E-state index < -0.39 is 18.1 Å². The lowest BCUT2D eigenvalue weighted by molar-refractivity contribution is -0.192. The lowest BCUT2D eigenvalue weighted by Crippen LogP contribution is -2.43. The zero-order valence-electron chi connectivity index (χ0n) is 21.8. The monoisotopic (exact) mass is 529 g/mol. The molecule has 0 aliphatic carbocycles. The van der Waals surface area contributed by atoms with Crippen molar-refractivity contribution in [2.75, 3.05) is 19.0 Å². The van der Waals surface area contributed by atoms with Crippen molar-refractivity contribution in [1.29, 1.82) is 0 Å². The number of carbonyl (C=O) groups excluding carboxylic acids is 2. The van der Waals surface area contributed by atoms with Crippen LogP contribution >= 0.6 is 0 Å². The minimum absolute atomic E-state index is 0.222. The van der Waals surface area contributed by atoms with Gasteiger partial charge in [0, 0.05) is 16.9 Å². The van der Waals surface area contributed by atoms with Crippen LogP contribution in [0.4, 0.5) is 18.9 Å². The molecular formula is C25H34F3N3O6. The number of hydrogen-bond acceptors (Lipinski definition) is 6. The van der Waals surface area contributed by atoms with Crippen molar-refractivity contribution in [3.8, 4) is 5.75 Å². The van der Waals surface area contributed by atoms with Crippen molar-refractivity contribution < 1.29 is 42.1 Å². The predicted octanol–water partition coefficient (Wildman–Crippen LogP) is 4.93. The van der Waals surface area contributed by atoms with Gasteiger partial charge in [0.2, 0.25) is 0 Å². The summed E-state index contributed by atoms with van der Waals surface area (Å²) in [7, 11) is 1.62. The van der Waals surface area contributed by atoms with E-state index in [4.69, 9.17) is 19.4 Å². The summed E-state index contributed by atoms with van der Waals surface area (Å²) in [5.74, 6) is -2.64. The van der Waals surface area contributed by atoms with Crippen molar-refractivity contribution in [2.24, 2.45) is 0 Å². The highest BCUT2D eigenvalue weighted by Gasteiger charge is 2.38. The Hall–Kier alpha value is -3.70. The minimum Gasteiger partial charge on any atom is -0.497 e. The second-order valence-electron chi connectivity index (χ2n) is 8.48. The number of esters is 1. The fourth-order valence-corrected chi connectivity index (χ4v) is 3.08. The number of benzene rings is 1. The minimum atomic E-state index is -5.08. The highest BCUT2D eigenvalue weighted by atomic mass is 19.4. The van der Waals surface area contributed by atoms with Crippen molar-refractivity contribution >= 4 is 23.5 Å². The molecule has 1 aromatic carbocycles. The van der Waals surface area contributed by atoms with Crippen LogP contribution in [-0.2, 0) is 22.5 Å². The Balaban J connectivity index is 0.000000856. The van der Waals surface area contributed by atoms with Gasteiger partial charge in [0.05, 0.1) is 25.8 Å². The van der Waals surface area contributed by atoms with Crippen molar-refractivity contribution in [3.63, 3.8) is 0 Å². The van der Waals surface area contributed by atoms with E-state index in [9.17, 15) is 22.8 Å². The first-order valence-electron chi connectivity index (χ1n) is 11.6. The summed E-state index contributed by atoms with van der Waals surface area (Å²) in [4.78, 5) is 37.7. The number of H-pyrrole nitrogens is 1. The predicted molar refractivity (Wildman–Crippen MR) is 132 cm³/mol. The standard InChI is InChI=1S/C23H33N3O4.C2HF3O2/c1-7-17-19(22(28)30-9-3)18(14-24-15-10-12-16(29-6)13-11-15)25-20(17)21(27)26-23(4,5)8-2;3-2(4,5)1(6)7/h10-13,24-25H,7-9,14H2,1-6H3,(H,26,27);(H,6,7). The Morgan fingerprint density at radius 1 is 1.05 bits per heavy atom. The van der Waals surface area contributed by atoms with E-state index in [1.165, 1.54) is 0 Å². The van der Waals surface area contributed by atoms with Gasteiger partial charge in [-0.3, -0.25) is 4.79 Å². The Morgan fingerprint density at radius 2 is 1.62 bits per heavy atom. The molecule has 0 atom stereocenters. The molecule has 2 rings (SSSR count). The van der Waals surface area contributed by atoms with Gasteiger partial charge >= 0.3 is 18.1 Å². The summed E-state index contributed by atoms with van der Waals surface area (Å²) in [6.07, 6.45) is -3.76. The molecule has 4 N–H and O–H groups in total. The number of amides is 1. The summed E-state index contributed by atoms with van der Waals surface area (Å²) in [6, 6.07) is 7.49. The lowest BCUT2D eigenvalue weighted by atomic mass is 10.0. The summed E-state index contributed by atoms with van der Waals surface area (Å²) < 4.78 is 42.2. The number of hydrogen-bond donors (Lipinski definition) is 4. The van der Waals surface area contributed by atoms with E-state index in [0.717, 1.165) is 17.9 Å². The number of anilines is 1. The molecule has 37 heavy (non-hydrogen) atoms. The topological polar surface area (TPSA) is 130 Å². The molecule has 0 saturated carbocycles. The molecule has 1 aromatic heterocycles. The molecule has 0 unspecified atom stereocenters. The number of nitrogens with one attached hydrogen (secondary N) is 3. The van der Waals surface area contributed by atoms with E-state index >= 15 is 0 Å². The first-order valence-corrected chi connectivity index (χ1v) is 11.6. The molecule has 0 saturated heterocycles. The number of aromatic amines is 1. The second kappa shape index (κ2) is 13.6. The first kappa shape index (κ1) is 31.3. The van der Waals surface area contributed by atoms with Crippen molar-refractivity contribution in [1.82, 2.24) is 10.3 Å². The molecule has 0 bridgehead atoms. The number of carboxylic acid groups (broad SMARTS) is 1. The smallest absolute Gasteiger partial charge is 0.490 e. The van der Waals surface area contributed by atoms with Gasteiger partial charge in [0.25, 0.3) is 5.91 Å². The molecule has 0 spiro atoms. The first-order chi connectivity index (χ1) is 17.2. The number of carbonyl (C=O) groups is 3. The van der Waals surface area contributed by atoms with Crippen LogP contribution in [0, 0.1) is 0 Å². The molecule has 1 amide bonds.